The number of halogens is 1. The molecule has 2 bridgehead atoms. The molecule has 2 aromatic carbocycles. The number of nitrogens with zero attached hydrogens (tertiary/aromatic N) is 2. The Bertz CT molecular complexity index is 1510. The fourth-order valence-electron chi connectivity index (χ4n) is 7.52. The topological polar surface area (TPSA) is 135 Å². The number of aliphatic hydroxyl groups is 1. The second-order valence-corrected chi connectivity index (χ2v) is 13.8. The number of benzene rings is 2. The second-order valence-electron chi connectivity index (χ2n) is 12.6. The quantitative estimate of drug-likeness (QED) is 0.144. The summed E-state index contributed by atoms with van der Waals surface area (Å²) in [6, 6.07) is 16.7. The third-order valence-corrected chi connectivity index (χ3v) is 10.4. The Morgan fingerprint density at radius 1 is 1.14 bits per heavy atom. The Morgan fingerprint density at radius 3 is 2.47 bits per heavy atom. The molecule has 262 valence electrons. The van der Waals surface area contributed by atoms with Crippen LogP contribution in [-0.4, -0.2) is 101 Å². The summed E-state index contributed by atoms with van der Waals surface area (Å²) in [5.74, 6) is -3.83. The van der Waals surface area contributed by atoms with Gasteiger partial charge >= 0.3 is 5.97 Å². The number of hydrogen-bond donors (Lipinski definition) is 2. The summed E-state index contributed by atoms with van der Waals surface area (Å²) >= 11 is 3.70. The van der Waals surface area contributed by atoms with E-state index in [0.717, 1.165) is 5.56 Å². The van der Waals surface area contributed by atoms with Crippen molar-refractivity contribution in [2.45, 2.75) is 60.5 Å². The lowest BCUT2D eigenvalue weighted by Crippen LogP contribution is -2.57. The van der Waals surface area contributed by atoms with E-state index in [1.165, 1.54) is 12.0 Å². The van der Waals surface area contributed by atoms with Gasteiger partial charge in [-0.15, -0.1) is 13.2 Å². The molecule has 3 amide bonds. The van der Waals surface area contributed by atoms with Crippen molar-refractivity contribution in [1.29, 1.82) is 0 Å². The number of esters is 1. The number of rotatable bonds is 17. The van der Waals surface area contributed by atoms with Gasteiger partial charge in [-0.05, 0) is 24.0 Å². The van der Waals surface area contributed by atoms with Gasteiger partial charge < -0.3 is 34.4 Å². The number of allylic oxidation sites excluding steroid dienone is 1. The van der Waals surface area contributed by atoms with Crippen molar-refractivity contribution in [3.05, 3.63) is 97.1 Å². The maximum absolute atomic E-state index is 14.5. The molecule has 3 fully saturated rings. The fourth-order valence-corrected chi connectivity index (χ4v) is 8.46. The van der Waals surface area contributed by atoms with Gasteiger partial charge in [-0.25, -0.2) is 0 Å². The molecule has 49 heavy (non-hydrogen) atoms. The molecule has 1 spiro atoms. The van der Waals surface area contributed by atoms with E-state index in [9.17, 15) is 24.3 Å². The van der Waals surface area contributed by atoms with E-state index in [1.54, 1.807) is 41.3 Å². The van der Waals surface area contributed by atoms with E-state index in [4.69, 9.17) is 14.2 Å². The zero-order valence-corrected chi connectivity index (χ0v) is 29.2. The first kappa shape index (κ1) is 36.4. The smallest absolute Gasteiger partial charge is 0.313 e. The number of likely N-dealkylation sites (tertiary alicyclic amines) is 1. The van der Waals surface area contributed by atoms with Gasteiger partial charge in [-0.2, -0.15) is 0 Å². The average molecular weight is 739 g/mol. The minimum atomic E-state index is -1.34. The van der Waals surface area contributed by atoms with Gasteiger partial charge in [0.05, 0.1) is 37.2 Å². The van der Waals surface area contributed by atoms with Crippen LogP contribution in [0, 0.1) is 11.8 Å². The van der Waals surface area contributed by atoms with Gasteiger partial charge in [-0.1, -0.05) is 88.7 Å². The Hall–Kier alpha value is -3.84. The molecule has 0 radical (unpaired) electrons. The van der Waals surface area contributed by atoms with Crippen LogP contribution in [0.25, 0.3) is 0 Å². The molecule has 11 nitrogen and oxygen atoms in total. The summed E-state index contributed by atoms with van der Waals surface area (Å²) < 4.78 is 18.3. The molecule has 3 heterocycles. The predicted molar refractivity (Wildman–Crippen MR) is 185 cm³/mol. The summed E-state index contributed by atoms with van der Waals surface area (Å²) in [6.07, 6.45) is 2.54. The van der Waals surface area contributed by atoms with E-state index in [2.05, 4.69) is 34.4 Å². The fraction of sp³-hybridized carbons (Fsp3) is 0.459. The molecule has 0 aliphatic carbocycles. The first-order chi connectivity index (χ1) is 23.7. The highest BCUT2D eigenvalue weighted by Gasteiger charge is 2.77. The predicted octanol–water partition coefficient (Wildman–Crippen LogP) is 3.32. The third kappa shape index (κ3) is 7.38. The highest BCUT2D eigenvalue weighted by atomic mass is 79.9. The maximum atomic E-state index is 14.5. The molecule has 3 aliphatic heterocycles. The third-order valence-electron chi connectivity index (χ3n) is 9.52. The Labute approximate surface area is 295 Å². The molecule has 2 N–H and O–H groups in total. The normalized spacial score (nSPS) is 26.5. The molecule has 1 unspecified atom stereocenters. The first-order valence-corrected chi connectivity index (χ1v) is 17.4. The number of alkyl halides is 1. The Kier molecular flexibility index (Phi) is 12.1. The second kappa shape index (κ2) is 16.2. The number of methoxy groups -OCH3 is 1. The summed E-state index contributed by atoms with van der Waals surface area (Å²) in [5, 5.41) is 13.0. The number of aliphatic hydroxyl groups excluding tert-OH is 1. The number of nitrogens with one attached hydrogen (secondary N) is 1. The van der Waals surface area contributed by atoms with E-state index in [-0.39, 0.29) is 55.9 Å². The molecule has 8 atom stereocenters. The summed E-state index contributed by atoms with van der Waals surface area (Å²) in [5.41, 5.74) is 0.190. The standard InChI is InChI=1S/C37H44BrN3O8/c1-4-6-17-28(43)39-27(23-47-3)31(25-15-11-8-12-16-25)48-36(46)29-30-34(44)41(19-20-42)33(37(30)21-26(38)32(29)49-37)35(45)40(18-5-2)22-24-13-9-7-10-14-24/h4-5,7-16,26-27,29-33,42H,1-2,6,17-23H2,3H3,(H,39,43)/t26?,27-,29-,30+,31-,32-,33-,37+/m1/s1. The molecule has 0 aromatic heterocycles. The molecule has 3 saturated heterocycles. The molecule has 3 aliphatic rings. The summed E-state index contributed by atoms with van der Waals surface area (Å²) in [6.45, 7) is 7.57. The molecular formula is C37H44BrN3O8. The zero-order valence-electron chi connectivity index (χ0n) is 27.6. The van der Waals surface area contributed by atoms with Gasteiger partial charge in [0.2, 0.25) is 17.7 Å². The number of carbonyl (C=O) groups excluding carboxylic acids is 4. The summed E-state index contributed by atoms with van der Waals surface area (Å²) in [7, 11) is 1.49. The molecule has 0 saturated carbocycles. The Balaban J connectivity index is 1.48. The number of carbonyl (C=O) groups is 4. The molecule has 5 rings (SSSR count). The van der Waals surface area contributed by atoms with Crippen LogP contribution in [0.15, 0.2) is 86.0 Å². The number of hydrogen-bond acceptors (Lipinski definition) is 8. The van der Waals surface area contributed by atoms with Gasteiger partial charge in [0.25, 0.3) is 0 Å². The van der Waals surface area contributed by atoms with E-state index >= 15 is 0 Å². The van der Waals surface area contributed by atoms with Gasteiger partial charge in [0.15, 0.2) is 0 Å². The molecule has 12 heteroatoms. The van der Waals surface area contributed by atoms with Crippen molar-refractivity contribution in [3.8, 4) is 0 Å². The highest BCUT2D eigenvalue weighted by Crippen LogP contribution is 2.60. The number of amides is 3. The first-order valence-electron chi connectivity index (χ1n) is 16.5. The number of β-amino-alcohol motifs (C(OH)–C–C–N with tert-alkyl or cyclic N) is 1. The minimum absolute atomic E-state index is 0.0477. The lowest BCUT2D eigenvalue weighted by molar-refractivity contribution is -0.163. The van der Waals surface area contributed by atoms with Crippen LogP contribution < -0.4 is 5.32 Å². The maximum Gasteiger partial charge on any atom is 0.313 e. The zero-order chi connectivity index (χ0) is 35.1. The van der Waals surface area contributed by atoms with E-state index in [0.29, 0.717) is 18.4 Å². The summed E-state index contributed by atoms with van der Waals surface area (Å²) in [4.78, 5) is 58.7. The highest BCUT2D eigenvalue weighted by molar-refractivity contribution is 9.09. The lowest BCUT2D eigenvalue weighted by Gasteiger charge is -2.37. The van der Waals surface area contributed by atoms with E-state index in [1.807, 2.05) is 36.4 Å². The van der Waals surface area contributed by atoms with Crippen molar-refractivity contribution >= 4 is 39.6 Å². The van der Waals surface area contributed by atoms with Crippen LogP contribution in [0.1, 0.15) is 36.5 Å². The van der Waals surface area contributed by atoms with Crippen LogP contribution in [0.4, 0.5) is 0 Å². The van der Waals surface area contributed by atoms with Gasteiger partial charge in [0, 0.05) is 38.0 Å². The number of fused-ring (bicyclic) bond motifs is 1. The lowest BCUT2D eigenvalue weighted by atomic mass is 9.70. The van der Waals surface area contributed by atoms with Crippen molar-refractivity contribution in [2.75, 3.05) is 33.4 Å². The minimum Gasteiger partial charge on any atom is -0.455 e. The van der Waals surface area contributed by atoms with Gasteiger partial charge in [0.1, 0.15) is 17.7 Å². The van der Waals surface area contributed by atoms with E-state index < -0.39 is 53.6 Å². The molecular weight excluding hydrogens is 694 g/mol. The van der Waals surface area contributed by atoms with Crippen molar-refractivity contribution < 1.29 is 38.5 Å². The van der Waals surface area contributed by atoms with Crippen LogP contribution in [0.3, 0.4) is 0 Å². The van der Waals surface area contributed by atoms with Crippen molar-refractivity contribution in [1.82, 2.24) is 15.1 Å². The van der Waals surface area contributed by atoms with Crippen LogP contribution in [0.5, 0.6) is 0 Å². The molecule has 2 aromatic rings. The van der Waals surface area contributed by atoms with Crippen molar-refractivity contribution in [3.63, 3.8) is 0 Å². The largest absolute Gasteiger partial charge is 0.455 e. The van der Waals surface area contributed by atoms with Crippen molar-refractivity contribution in [2.24, 2.45) is 11.8 Å². The monoisotopic (exact) mass is 737 g/mol. The van der Waals surface area contributed by atoms with Gasteiger partial charge in [-0.3, -0.25) is 19.2 Å². The number of ether oxygens (including phenoxy) is 3. The van der Waals surface area contributed by atoms with Crippen LogP contribution in [-0.2, 0) is 39.9 Å². The van der Waals surface area contributed by atoms with Crippen LogP contribution in [0.2, 0.25) is 0 Å². The Morgan fingerprint density at radius 2 is 1.84 bits per heavy atom. The average Bonchev–Trinajstić information content (AvgIpc) is 3.69. The SMILES string of the molecule is C=CCCC(=O)N[C@H](COC)[C@H](OC(=O)[C@H]1[C@@H]2O[C@@]3(CC2Br)[C@@H]1C(=O)N(CCO)[C@@H]3C(=O)N(CC=C)Cc1ccccc1)c1ccccc1. The van der Waals surface area contributed by atoms with Crippen LogP contribution >= 0.6 is 15.9 Å².